The molecule has 1 amide bonds. The first-order valence-corrected chi connectivity index (χ1v) is 7.85. The predicted molar refractivity (Wildman–Crippen MR) is 82.5 cm³/mol. The number of nitrogens with one attached hydrogen (secondary N) is 2. The highest BCUT2D eigenvalue weighted by Gasteiger charge is 2.13. The Balaban J connectivity index is 2.11. The number of nitrogens with zero attached hydrogens (tertiary/aromatic N) is 2. The lowest BCUT2D eigenvalue weighted by Gasteiger charge is -1.98. The molecule has 0 fully saturated rings. The monoisotopic (exact) mass is 312 g/mol. The molecule has 0 aliphatic rings. The van der Waals surface area contributed by atoms with Gasteiger partial charge >= 0.3 is 0 Å². The number of carbonyl (C=O) groups excluding carboxylic acids is 1. The third-order valence-electron chi connectivity index (χ3n) is 2.43. The molecule has 108 valence electrons. The highest BCUT2D eigenvalue weighted by atomic mass is 32.1. The number of aromatic nitrogens is 2. The minimum Gasteiger partial charge on any atom is -0.396 e. The van der Waals surface area contributed by atoms with Crippen LogP contribution in [0.2, 0.25) is 0 Å². The van der Waals surface area contributed by atoms with Crippen LogP contribution in [0.25, 0.3) is 10.6 Å². The van der Waals surface area contributed by atoms with E-state index in [2.05, 4.69) is 20.6 Å². The largest absolute Gasteiger partial charge is 0.396 e. The lowest BCUT2D eigenvalue weighted by molar-refractivity contribution is -0.114. The zero-order valence-electron chi connectivity index (χ0n) is 11.3. The summed E-state index contributed by atoms with van der Waals surface area (Å²) in [6, 6.07) is 0. The Kier molecular flexibility index (Phi) is 5.05. The van der Waals surface area contributed by atoms with Crippen LogP contribution in [-0.4, -0.2) is 34.1 Å². The second kappa shape index (κ2) is 6.78. The van der Waals surface area contributed by atoms with Crippen molar-refractivity contribution in [2.45, 2.75) is 20.3 Å². The van der Waals surface area contributed by atoms with Gasteiger partial charge in [0.15, 0.2) is 10.3 Å². The maximum atomic E-state index is 11.0. The molecule has 0 bridgehead atoms. The fraction of sp³-hybridized carbons (Fsp3) is 0.417. The molecule has 6 nitrogen and oxygen atoms in total. The van der Waals surface area contributed by atoms with Crippen molar-refractivity contribution in [3.05, 3.63) is 11.1 Å². The Morgan fingerprint density at radius 3 is 2.90 bits per heavy atom. The van der Waals surface area contributed by atoms with Gasteiger partial charge in [-0.25, -0.2) is 9.97 Å². The van der Waals surface area contributed by atoms with E-state index in [-0.39, 0.29) is 12.5 Å². The van der Waals surface area contributed by atoms with Gasteiger partial charge in [0.1, 0.15) is 0 Å². The average Bonchev–Trinajstić information content (AvgIpc) is 2.96. The van der Waals surface area contributed by atoms with Crippen molar-refractivity contribution < 1.29 is 9.90 Å². The van der Waals surface area contributed by atoms with Gasteiger partial charge in [0.05, 0.1) is 16.3 Å². The van der Waals surface area contributed by atoms with E-state index in [0.29, 0.717) is 18.1 Å². The van der Waals surface area contributed by atoms with Crippen LogP contribution >= 0.6 is 22.7 Å². The number of rotatable bonds is 6. The SMILES string of the molecule is CC(=O)Nc1nc(C)c(-c2csc(NCCCO)n2)s1. The van der Waals surface area contributed by atoms with Crippen molar-refractivity contribution in [1.82, 2.24) is 9.97 Å². The van der Waals surface area contributed by atoms with Gasteiger partial charge < -0.3 is 15.7 Å². The number of anilines is 2. The van der Waals surface area contributed by atoms with Crippen LogP contribution in [0.1, 0.15) is 19.0 Å². The van der Waals surface area contributed by atoms with Gasteiger partial charge in [0.25, 0.3) is 0 Å². The van der Waals surface area contributed by atoms with E-state index in [1.165, 1.54) is 29.6 Å². The van der Waals surface area contributed by atoms with Gasteiger partial charge in [-0.15, -0.1) is 11.3 Å². The minimum absolute atomic E-state index is 0.130. The van der Waals surface area contributed by atoms with Crippen LogP contribution in [0.3, 0.4) is 0 Å². The zero-order valence-corrected chi connectivity index (χ0v) is 12.9. The van der Waals surface area contributed by atoms with E-state index in [4.69, 9.17) is 5.11 Å². The highest BCUT2D eigenvalue weighted by molar-refractivity contribution is 7.19. The Morgan fingerprint density at radius 2 is 2.20 bits per heavy atom. The molecule has 2 aromatic rings. The van der Waals surface area contributed by atoms with Crippen LogP contribution in [0.5, 0.6) is 0 Å². The molecular weight excluding hydrogens is 296 g/mol. The fourth-order valence-corrected chi connectivity index (χ4v) is 3.35. The first-order chi connectivity index (χ1) is 9.60. The molecule has 0 atom stereocenters. The maximum Gasteiger partial charge on any atom is 0.223 e. The summed E-state index contributed by atoms with van der Waals surface area (Å²) in [5, 5.41) is 18.0. The van der Waals surface area contributed by atoms with E-state index < -0.39 is 0 Å². The van der Waals surface area contributed by atoms with Crippen molar-refractivity contribution in [1.29, 1.82) is 0 Å². The van der Waals surface area contributed by atoms with Gasteiger partial charge in [-0.05, 0) is 13.3 Å². The fourth-order valence-electron chi connectivity index (χ4n) is 1.57. The number of hydrogen-bond acceptors (Lipinski definition) is 7. The molecule has 0 spiro atoms. The standard InChI is InChI=1S/C12H16N4O2S2/c1-7-10(20-12(14-7)15-8(2)18)9-6-19-11(16-9)13-4-3-5-17/h6,17H,3-5H2,1-2H3,(H,13,16)(H,14,15,18). The highest BCUT2D eigenvalue weighted by Crippen LogP contribution is 2.34. The number of carbonyl (C=O) groups is 1. The smallest absolute Gasteiger partial charge is 0.223 e. The van der Waals surface area contributed by atoms with E-state index in [1.807, 2.05) is 12.3 Å². The average molecular weight is 312 g/mol. The summed E-state index contributed by atoms with van der Waals surface area (Å²) < 4.78 is 0. The van der Waals surface area contributed by atoms with Crippen molar-refractivity contribution >= 4 is 38.8 Å². The summed E-state index contributed by atoms with van der Waals surface area (Å²) in [6.45, 7) is 4.22. The third kappa shape index (κ3) is 3.75. The molecule has 2 heterocycles. The van der Waals surface area contributed by atoms with Crippen molar-refractivity contribution in [2.75, 3.05) is 23.8 Å². The molecule has 20 heavy (non-hydrogen) atoms. The molecule has 0 radical (unpaired) electrons. The van der Waals surface area contributed by atoms with Crippen LogP contribution in [0.4, 0.5) is 10.3 Å². The van der Waals surface area contributed by atoms with Crippen LogP contribution < -0.4 is 10.6 Å². The molecule has 0 aliphatic heterocycles. The second-order valence-electron chi connectivity index (χ2n) is 4.16. The molecule has 8 heteroatoms. The number of hydrogen-bond donors (Lipinski definition) is 3. The quantitative estimate of drug-likeness (QED) is 0.713. The molecule has 2 rings (SSSR count). The minimum atomic E-state index is -0.130. The van der Waals surface area contributed by atoms with Crippen molar-refractivity contribution in [3.8, 4) is 10.6 Å². The van der Waals surface area contributed by atoms with E-state index in [9.17, 15) is 4.79 Å². The van der Waals surface area contributed by atoms with E-state index in [1.54, 1.807) is 0 Å². The Hall–Kier alpha value is -1.51. The summed E-state index contributed by atoms with van der Waals surface area (Å²) in [5.41, 5.74) is 1.71. The Morgan fingerprint density at radius 1 is 1.40 bits per heavy atom. The van der Waals surface area contributed by atoms with Crippen molar-refractivity contribution in [2.24, 2.45) is 0 Å². The summed E-state index contributed by atoms with van der Waals surface area (Å²) in [4.78, 5) is 20.8. The molecule has 0 saturated carbocycles. The normalized spacial score (nSPS) is 10.6. The molecule has 0 unspecified atom stereocenters. The Bertz CT molecular complexity index is 594. The lowest BCUT2D eigenvalue weighted by Crippen LogP contribution is -2.04. The van der Waals surface area contributed by atoms with Gasteiger partial charge in [-0.2, -0.15) is 0 Å². The predicted octanol–water partition coefficient (Wildman–Crippen LogP) is 2.33. The summed E-state index contributed by atoms with van der Waals surface area (Å²) in [5.74, 6) is -0.130. The molecular formula is C12H16N4O2S2. The molecule has 0 aliphatic carbocycles. The number of thiazole rings is 2. The van der Waals surface area contributed by atoms with Crippen LogP contribution in [0, 0.1) is 6.92 Å². The van der Waals surface area contributed by atoms with Crippen LogP contribution in [0.15, 0.2) is 5.38 Å². The number of aryl methyl sites for hydroxylation is 1. The van der Waals surface area contributed by atoms with Gasteiger partial charge in [-0.3, -0.25) is 4.79 Å². The van der Waals surface area contributed by atoms with Gasteiger partial charge in [0, 0.05) is 25.5 Å². The summed E-state index contributed by atoms with van der Waals surface area (Å²) in [7, 11) is 0. The first-order valence-electron chi connectivity index (χ1n) is 6.16. The van der Waals surface area contributed by atoms with Gasteiger partial charge in [-0.1, -0.05) is 11.3 Å². The third-order valence-corrected chi connectivity index (χ3v) is 4.32. The molecule has 2 aromatic heterocycles. The Labute approximate surface area is 124 Å². The molecule has 0 aromatic carbocycles. The van der Waals surface area contributed by atoms with E-state index >= 15 is 0 Å². The molecule has 0 saturated heterocycles. The second-order valence-corrected chi connectivity index (χ2v) is 6.01. The number of aliphatic hydroxyl groups excluding tert-OH is 1. The van der Waals surface area contributed by atoms with Crippen molar-refractivity contribution in [3.63, 3.8) is 0 Å². The van der Waals surface area contributed by atoms with Gasteiger partial charge in [0.2, 0.25) is 5.91 Å². The summed E-state index contributed by atoms with van der Waals surface area (Å²) >= 11 is 2.93. The lowest BCUT2D eigenvalue weighted by atomic mass is 10.3. The first kappa shape index (κ1) is 14.9. The van der Waals surface area contributed by atoms with E-state index in [0.717, 1.165) is 21.4 Å². The zero-order chi connectivity index (χ0) is 14.5. The molecule has 3 N–H and O–H groups in total. The number of amides is 1. The van der Waals surface area contributed by atoms with Crippen LogP contribution in [-0.2, 0) is 4.79 Å². The maximum absolute atomic E-state index is 11.0. The topological polar surface area (TPSA) is 87.1 Å². The summed E-state index contributed by atoms with van der Waals surface area (Å²) in [6.07, 6.45) is 0.696. The number of aliphatic hydroxyl groups is 1.